The average molecular weight is 394 g/mol. The number of hydrazine groups is 1. The third-order valence-corrected chi connectivity index (χ3v) is 4.10. The Morgan fingerprint density at radius 2 is 1.86 bits per heavy atom. The molecule has 1 aromatic carbocycles. The molecule has 1 rings (SSSR count). The minimum Gasteiger partial charge on any atom is -0.495 e. The van der Waals surface area contributed by atoms with E-state index in [0.717, 1.165) is 0 Å². The van der Waals surface area contributed by atoms with Crippen LogP contribution >= 0.6 is 15.9 Å². The fourth-order valence-corrected chi connectivity index (χ4v) is 2.96. The Labute approximate surface area is 136 Å². The lowest BCUT2D eigenvalue weighted by Gasteiger charge is -2.12. The molecule has 3 N–H and O–H groups in total. The number of hydrogen-bond acceptors (Lipinski definition) is 5. The van der Waals surface area contributed by atoms with Crippen LogP contribution < -0.4 is 20.3 Å². The molecule has 0 aliphatic heterocycles. The summed E-state index contributed by atoms with van der Waals surface area (Å²) >= 11 is 3.15. The van der Waals surface area contributed by atoms with Crippen molar-refractivity contribution < 1.29 is 22.7 Å². The lowest BCUT2D eigenvalue weighted by atomic mass is 10.3. The van der Waals surface area contributed by atoms with Crippen molar-refractivity contribution in [3.05, 3.63) is 22.7 Å². The molecule has 1 aromatic rings. The smallest absolute Gasteiger partial charge is 0.324 e. The van der Waals surface area contributed by atoms with E-state index in [0.29, 0.717) is 4.47 Å². The van der Waals surface area contributed by atoms with Crippen molar-refractivity contribution in [1.82, 2.24) is 15.6 Å². The molecule has 0 unspecified atom stereocenters. The zero-order chi connectivity index (χ0) is 16.9. The number of rotatable bonds is 5. The minimum atomic E-state index is -4.10. The lowest BCUT2D eigenvalue weighted by Crippen LogP contribution is -2.49. The van der Waals surface area contributed by atoms with E-state index >= 15 is 0 Å². The second-order valence-electron chi connectivity index (χ2n) is 4.48. The Hall–Kier alpha value is -1.65. The van der Waals surface area contributed by atoms with Crippen LogP contribution in [0.15, 0.2) is 27.6 Å². The van der Waals surface area contributed by atoms with Gasteiger partial charge in [0.2, 0.25) is 0 Å². The summed E-state index contributed by atoms with van der Waals surface area (Å²) in [6, 6.07) is 4.11. The molecule has 0 bridgehead atoms. The van der Waals surface area contributed by atoms with Crippen molar-refractivity contribution in [2.75, 3.05) is 7.11 Å². The molecule has 0 radical (unpaired) electrons. The molecule has 22 heavy (non-hydrogen) atoms. The van der Waals surface area contributed by atoms with E-state index in [1.807, 2.05) is 10.3 Å². The van der Waals surface area contributed by atoms with Gasteiger partial charge in [-0.1, -0.05) is 15.9 Å². The summed E-state index contributed by atoms with van der Waals surface area (Å²) in [5, 5.41) is 2.33. The highest BCUT2D eigenvalue weighted by atomic mass is 79.9. The Morgan fingerprint density at radius 3 is 2.41 bits per heavy atom. The van der Waals surface area contributed by atoms with E-state index in [1.165, 1.54) is 19.2 Å². The summed E-state index contributed by atoms with van der Waals surface area (Å²) in [5.74, 6) is -1.97. The van der Waals surface area contributed by atoms with Crippen molar-refractivity contribution in [2.45, 2.75) is 24.8 Å². The van der Waals surface area contributed by atoms with Crippen LogP contribution in [0.25, 0.3) is 0 Å². The zero-order valence-electron chi connectivity index (χ0n) is 12.1. The molecule has 2 amide bonds. The fraction of sp³-hybridized carbons (Fsp3) is 0.333. The first kappa shape index (κ1) is 18.4. The molecule has 0 aromatic heterocycles. The standard InChI is InChI=1S/C12H16BrN3O5S/c1-7(2)14-11(17)12(18)15-16-22(19,20)10-6-8(13)4-5-9(10)21-3/h4-7,16H,1-3H3,(H,14,17)(H,15,18). The van der Waals surface area contributed by atoms with Crippen LogP contribution in [0.1, 0.15) is 13.8 Å². The van der Waals surface area contributed by atoms with Crippen molar-refractivity contribution in [2.24, 2.45) is 0 Å². The number of nitrogens with one attached hydrogen (secondary N) is 3. The van der Waals surface area contributed by atoms with Gasteiger partial charge in [-0.15, -0.1) is 4.83 Å². The summed E-state index contributed by atoms with van der Waals surface area (Å²) in [5.41, 5.74) is 1.84. The Balaban J connectivity index is 2.87. The van der Waals surface area contributed by atoms with Gasteiger partial charge < -0.3 is 10.1 Å². The minimum absolute atomic E-state index is 0.0941. The molecule has 0 heterocycles. The van der Waals surface area contributed by atoms with Gasteiger partial charge in [0.1, 0.15) is 10.6 Å². The zero-order valence-corrected chi connectivity index (χ0v) is 14.5. The first-order chi connectivity index (χ1) is 10.2. The number of sulfonamides is 1. The van der Waals surface area contributed by atoms with Crippen molar-refractivity contribution in [3.63, 3.8) is 0 Å². The summed E-state index contributed by atoms with van der Waals surface area (Å²) in [6.07, 6.45) is 0. The van der Waals surface area contributed by atoms with Gasteiger partial charge in [0.15, 0.2) is 0 Å². The lowest BCUT2D eigenvalue weighted by molar-refractivity contribution is -0.139. The molecular weight excluding hydrogens is 378 g/mol. The fourth-order valence-electron chi connectivity index (χ4n) is 1.41. The Morgan fingerprint density at radius 1 is 1.23 bits per heavy atom. The number of carbonyl (C=O) groups is 2. The highest BCUT2D eigenvalue weighted by molar-refractivity contribution is 9.10. The van der Waals surface area contributed by atoms with Gasteiger partial charge in [0.05, 0.1) is 7.11 Å². The highest BCUT2D eigenvalue weighted by Crippen LogP contribution is 2.26. The molecule has 0 atom stereocenters. The average Bonchev–Trinajstić information content (AvgIpc) is 2.44. The molecule has 10 heteroatoms. The van der Waals surface area contributed by atoms with Gasteiger partial charge in [0, 0.05) is 10.5 Å². The van der Waals surface area contributed by atoms with Crippen molar-refractivity contribution in [3.8, 4) is 5.75 Å². The number of ether oxygens (including phenoxy) is 1. The predicted molar refractivity (Wildman–Crippen MR) is 82.4 cm³/mol. The quantitative estimate of drug-likeness (QED) is 0.491. The predicted octanol–water partition coefficient (Wildman–Crippen LogP) is 0.292. The molecule has 0 aliphatic rings. The van der Waals surface area contributed by atoms with Gasteiger partial charge in [-0.25, -0.2) is 8.42 Å². The largest absolute Gasteiger partial charge is 0.495 e. The second-order valence-corrected chi connectivity index (χ2v) is 7.05. The molecule has 0 saturated heterocycles. The summed E-state index contributed by atoms with van der Waals surface area (Å²) < 4.78 is 29.8. The number of hydrogen-bond donors (Lipinski definition) is 3. The van der Waals surface area contributed by atoms with Gasteiger partial charge >= 0.3 is 11.8 Å². The van der Waals surface area contributed by atoms with Crippen LogP contribution in [0.5, 0.6) is 5.75 Å². The monoisotopic (exact) mass is 393 g/mol. The van der Waals surface area contributed by atoms with E-state index in [2.05, 4.69) is 21.2 Å². The first-order valence-corrected chi connectivity index (χ1v) is 8.41. The molecule has 8 nitrogen and oxygen atoms in total. The summed E-state index contributed by atoms with van der Waals surface area (Å²) in [4.78, 5) is 24.5. The van der Waals surface area contributed by atoms with Crippen LogP contribution in [0.2, 0.25) is 0 Å². The topological polar surface area (TPSA) is 114 Å². The van der Waals surface area contributed by atoms with Gasteiger partial charge in [0.25, 0.3) is 10.0 Å². The molecule has 0 saturated carbocycles. The maximum Gasteiger partial charge on any atom is 0.324 e. The van der Waals surface area contributed by atoms with E-state index in [1.54, 1.807) is 19.9 Å². The van der Waals surface area contributed by atoms with Crippen molar-refractivity contribution >= 4 is 37.8 Å². The Kier molecular flexibility index (Phi) is 6.33. The van der Waals surface area contributed by atoms with Gasteiger partial charge in [-0.2, -0.15) is 0 Å². The molecule has 0 aliphatic carbocycles. The van der Waals surface area contributed by atoms with Crippen LogP contribution in [0.3, 0.4) is 0 Å². The van der Waals surface area contributed by atoms with Crippen LogP contribution in [-0.4, -0.2) is 33.4 Å². The SMILES string of the molecule is COc1ccc(Br)cc1S(=O)(=O)NNC(=O)C(=O)NC(C)C. The van der Waals surface area contributed by atoms with E-state index < -0.39 is 21.8 Å². The Bertz CT molecular complexity index is 675. The number of carbonyl (C=O) groups excluding carboxylic acids is 2. The third kappa shape index (κ3) is 4.97. The number of amides is 2. The first-order valence-electron chi connectivity index (χ1n) is 6.13. The normalized spacial score (nSPS) is 11.1. The number of methoxy groups -OCH3 is 1. The van der Waals surface area contributed by atoms with Crippen LogP contribution in [0.4, 0.5) is 0 Å². The molecule has 122 valence electrons. The van der Waals surface area contributed by atoms with Crippen molar-refractivity contribution in [1.29, 1.82) is 0 Å². The second kappa shape index (κ2) is 7.56. The summed E-state index contributed by atoms with van der Waals surface area (Å²) in [6.45, 7) is 3.34. The van der Waals surface area contributed by atoms with Gasteiger partial charge in [-0.3, -0.25) is 15.0 Å². The molecular formula is C12H16BrN3O5S. The third-order valence-electron chi connectivity index (χ3n) is 2.34. The number of benzene rings is 1. The molecule has 0 spiro atoms. The van der Waals surface area contributed by atoms with E-state index in [-0.39, 0.29) is 16.7 Å². The van der Waals surface area contributed by atoms with E-state index in [9.17, 15) is 18.0 Å². The van der Waals surface area contributed by atoms with Crippen LogP contribution in [-0.2, 0) is 19.6 Å². The maximum atomic E-state index is 12.2. The molecule has 0 fully saturated rings. The summed E-state index contributed by atoms with van der Waals surface area (Å²) in [7, 11) is -2.78. The maximum absolute atomic E-state index is 12.2. The van der Waals surface area contributed by atoms with Crippen LogP contribution in [0, 0.1) is 0 Å². The number of halogens is 1. The van der Waals surface area contributed by atoms with Gasteiger partial charge in [-0.05, 0) is 32.0 Å². The van der Waals surface area contributed by atoms with E-state index in [4.69, 9.17) is 4.74 Å². The highest BCUT2D eigenvalue weighted by Gasteiger charge is 2.22.